The molecule has 1 aromatic heterocycles. The summed E-state index contributed by atoms with van der Waals surface area (Å²) in [5.41, 5.74) is 1.31. The van der Waals surface area contributed by atoms with Crippen LogP contribution in [-0.4, -0.2) is 22.6 Å². The Balaban J connectivity index is 2.14. The molecule has 0 aliphatic heterocycles. The van der Waals surface area contributed by atoms with E-state index >= 15 is 0 Å². The van der Waals surface area contributed by atoms with Crippen LogP contribution < -0.4 is 5.32 Å². The maximum Gasteiger partial charge on any atom is 0.270 e. The van der Waals surface area contributed by atoms with Gasteiger partial charge in [-0.25, -0.2) is 4.98 Å². The number of pyridine rings is 1. The molecule has 5 heteroatoms. The maximum absolute atomic E-state index is 12.2. The second kappa shape index (κ2) is 7.17. The number of carbonyl (C=O) groups excluding carboxylic acids is 1. The molecule has 1 aromatic carbocycles. The summed E-state index contributed by atoms with van der Waals surface area (Å²) < 4.78 is 0.614. The summed E-state index contributed by atoms with van der Waals surface area (Å²) in [4.78, 5) is 16.3. The Hall–Kier alpha value is -1.72. The number of rotatable bonds is 5. The average molecular weight is 335 g/mol. The summed E-state index contributed by atoms with van der Waals surface area (Å²) in [6, 6.07) is 14.5. The van der Waals surface area contributed by atoms with Gasteiger partial charge in [0.15, 0.2) is 0 Å². The number of hydrogen-bond donors (Lipinski definition) is 2. The molecule has 20 heavy (non-hydrogen) atoms. The molecule has 1 atom stereocenters. The molecule has 104 valence electrons. The quantitative estimate of drug-likeness (QED) is 0.826. The fourth-order valence-corrected chi connectivity index (χ4v) is 2.25. The van der Waals surface area contributed by atoms with Crippen LogP contribution in [0.25, 0.3) is 0 Å². The van der Waals surface area contributed by atoms with Crippen molar-refractivity contribution >= 4 is 21.8 Å². The minimum atomic E-state index is -0.256. The number of aliphatic hydroxyl groups excluding tert-OH is 1. The number of benzene rings is 1. The number of carbonyl (C=O) groups is 1. The zero-order valence-corrected chi connectivity index (χ0v) is 12.4. The van der Waals surface area contributed by atoms with E-state index in [-0.39, 0.29) is 18.6 Å². The second-order valence-corrected chi connectivity index (χ2v) is 5.11. The summed E-state index contributed by atoms with van der Waals surface area (Å²) in [5, 5.41) is 12.0. The average Bonchev–Trinajstić information content (AvgIpc) is 2.47. The van der Waals surface area contributed by atoms with E-state index in [9.17, 15) is 4.79 Å². The Labute approximate surface area is 126 Å². The van der Waals surface area contributed by atoms with Gasteiger partial charge in [0.2, 0.25) is 0 Å². The van der Waals surface area contributed by atoms with Crippen molar-refractivity contribution in [3.63, 3.8) is 0 Å². The molecule has 1 amide bonds. The van der Waals surface area contributed by atoms with Crippen molar-refractivity contribution in [1.82, 2.24) is 10.3 Å². The van der Waals surface area contributed by atoms with Crippen molar-refractivity contribution in [2.45, 2.75) is 12.5 Å². The summed E-state index contributed by atoms with van der Waals surface area (Å²) in [6.07, 6.45) is 0.462. The molecule has 2 rings (SSSR count). The second-order valence-electron chi connectivity index (χ2n) is 4.29. The van der Waals surface area contributed by atoms with E-state index in [1.54, 1.807) is 18.2 Å². The van der Waals surface area contributed by atoms with Gasteiger partial charge in [-0.15, -0.1) is 0 Å². The van der Waals surface area contributed by atoms with Crippen LogP contribution in [0.5, 0.6) is 0 Å². The van der Waals surface area contributed by atoms with Crippen molar-refractivity contribution in [3.05, 3.63) is 64.4 Å². The fraction of sp³-hybridized carbons (Fsp3) is 0.200. The zero-order chi connectivity index (χ0) is 14.4. The molecule has 0 radical (unpaired) electrons. The lowest BCUT2D eigenvalue weighted by molar-refractivity contribution is 0.0924. The van der Waals surface area contributed by atoms with Crippen LogP contribution >= 0.6 is 15.9 Å². The van der Waals surface area contributed by atoms with Gasteiger partial charge >= 0.3 is 0 Å². The van der Waals surface area contributed by atoms with E-state index in [1.165, 1.54) is 0 Å². The Morgan fingerprint density at radius 3 is 2.60 bits per heavy atom. The maximum atomic E-state index is 12.2. The lowest BCUT2D eigenvalue weighted by Gasteiger charge is -2.18. The minimum Gasteiger partial charge on any atom is -0.396 e. The molecule has 0 saturated carbocycles. The van der Waals surface area contributed by atoms with Crippen molar-refractivity contribution < 1.29 is 9.90 Å². The molecule has 4 nitrogen and oxygen atoms in total. The molecule has 0 fully saturated rings. The van der Waals surface area contributed by atoms with Gasteiger partial charge in [-0.1, -0.05) is 36.4 Å². The first kappa shape index (κ1) is 14.7. The Kier molecular flexibility index (Phi) is 5.26. The molecular formula is C15H15BrN2O2. The third-order valence-corrected chi connectivity index (χ3v) is 3.31. The lowest BCUT2D eigenvalue weighted by Crippen LogP contribution is -2.29. The topological polar surface area (TPSA) is 62.2 Å². The monoisotopic (exact) mass is 334 g/mol. The zero-order valence-electron chi connectivity index (χ0n) is 10.8. The number of hydrogen-bond acceptors (Lipinski definition) is 3. The number of nitrogens with one attached hydrogen (secondary N) is 1. The normalized spacial score (nSPS) is 11.9. The van der Waals surface area contributed by atoms with Crippen molar-refractivity contribution in [1.29, 1.82) is 0 Å². The van der Waals surface area contributed by atoms with Crippen molar-refractivity contribution in [3.8, 4) is 0 Å². The van der Waals surface area contributed by atoms with Gasteiger partial charge in [-0.2, -0.15) is 0 Å². The first-order valence-electron chi connectivity index (χ1n) is 6.30. The molecule has 0 aliphatic carbocycles. The highest BCUT2D eigenvalue weighted by Gasteiger charge is 2.16. The predicted octanol–water partition coefficient (Wildman–Crippen LogP) is 2.70. The van der Waals surface area contributed by atoms with Gasteiger partial charge in [0.1, 0.15) is 10.3 Å². The Bertz CT molecular complexity index is 575. The van der Waals surface area contributed by atoms with Crippen LogP contribution in [0.3, 0.4) is 0 Å². The lowest BCUT2D eigenvalue weighted by atomic mass is 10.0. The molecule has 0 bridgehead atoms. The van der Waals surface area contributed by atoms with Crippen LogP contribution in [0.15, 0.2) is 53.1 Å². The van der Waals surface area contributed by atoms with Crippen LogP contribution in [0.1, 0.15) is 28.5 Å². The van der Waals surface area contributed by atoms with E-state index in [4.69, 9.17) is 5.11 Å². The molecule has 2 N–H and O–H groups in total. The van der Waals surface area contributed by atoms with Crippen molar-refractivity contribution in [2.75, 3.05) is 6.61 Å². The Morgan fingerprint density at radius 1 is 1.20 bits per heavy atom. The van der Waals surface area contributed by atoms with E-state index in [1.807, 2.05) is 30.3 Å². The fourth-order valence-electron chi connectivity index (χ4n) is 1.90. The predicted molar refractivity (Wildman–Crippen MR) is 80.3 cm³/mol. The van der Waals surface area contributed by atoms with Crippen LogP contribution in [0.2, 0.25) is 0 Å². The van der Waals surface area contributed by atoms with Gasteiger partial charge in [0.25, 0.3) is 5.91 Å². The number of halogens is 1. The molecule has 1 unspecified atom stereocenters. The van der Waals surface area contributed by atoms with Gasteiger partial charge in [0, 0.05) is 6.61 Å². The van der Waals surface area contributed by atoms with Crippen LogP contribution in [0, 0.1) is 0 Å². The molecule has 0 aliphatic rings. The summed E-state index contributed by atoms with van der Waals surface area (Å²) in [7, 11) is 0. The Morgan fingerprint density at radius 2 is 1.95 bits per heavy atom. The van der Waals surface area contributed by atoms with Crippen LogP contribution in [0.4, 0.5) is 0 Å². The van der Waals surface area contributed by atoms with Gasteiger partial charge in [-0.05, 0) is 40.0 Å². The first-order valence-corrected chi connectivity index (χ1v) is 7.09. The number of aromatic nitrogens is 1. The first-order chi connectivity index (χ1) is 9.70. The summed E-state index contributed by atoms with van der Waals surface area (Å²) >= 11 is 3.24. The van der Waals surface area contributed by atoms with Gasteiger partial charge in [-0.3, -0.25) is 4.79 Å². The van der Waals surface area contributed by atoms with E-state index < -0.39 is 0 Å². The minimum absolute atomic E-state index is 0.00571. The van der Waals surface area contributed by atoms with Gasteiger partial charge in [0.05, 0.1) is 6.04 Å². The molecular weight excluding hydrogens is 320 g/mol. The summed E-state index contributed by atoms with van der Waals surface area (Å²) in [5.74, 6) is -0.256. The van der Waals surface area contributed by atoms with E-state index in [0.29, 0.717) is 16.7 Å². The standard InChI is InChI=1S/C15H15BrN2O2/c16-14-8-4-7-13(17-14)15(20)18-12(9-10-19)11-5-2-1-3-6-11/h1-8,12,19H,9-10H2,(H,18,20). The molecule has 1 heterocycles. The largest absolute Gasteiger partial charge is 0.396 e. The van der Waals surface area contributed by atoms with Crippen LogP contribution in [-0.2, 0) is 0 Å². The highest BCUT2D eigenvalue weighted by Crippen LogP contribution is 2.17. The molecule has 0 saturated heterocycles. The van der Waals surface area contributed by atoms with E-state index in [2.05, 4.69) is 26.2 Å². The molecule has 0 spiro atoms. The number of nitrogens with zero attached hydrogens (tertiary/aromatic N) is 1. The smallest absolute Gasteiger partial charge is 0.270 e. The van der Waals surface area contributed by atoms with Gasteiger partial charge < -0.3 is 10.4 Å². The number of aliphatic hydroxyl groups is 1. The molecule has 2 aromatic rings. The van der Waals surface area contributed by atoms with E-state index in [0.717, 1.165) is 5.56 Å². The number of amides is 1. The van der Waals surface area contributed by atoms with Crippen molar-refractivity contribution in [2.24, 2.45) is 0 Å². The SMILES string of the molecule is O=C(NC(CCO)c1ccccc1)c1cccc(Br)n1. The third kappa shape index (κ3) is 3.88. The highest BCUT2D eigenvalue weighted by atomic mass is 79.9. The highest BCUT2D eigenvalue weighted by molar-refractivity contribution is 9.10. The summed E-state index contributed by atoms with van der Waals surface area (Å²) in [6.45, 7) is 0.00571. The third-order valence-electron chi connectivity index (χ3n) is 2.87.